The van der Waals surface area contributed by atoms with Crippen molar-refractivity contribution in [3.8, 4) is 0 Å². The van der Waals surface area contributed by atoms with Gasteiger partial charge in [0.05, 0.1) is 25.9 Å². The Bertz CT molecular complexity index is 858. The minimum Gasteiger partial charge on any atom is -0.394 e. The Morgan fingerprint density at radius 2 is 2.25 bits per heavy atom. The van der Waals surface area contributed by atoms with Gasteiger partial charge < -0.3 is 25.4 Å². The number of nitrogens with zero attached hydrogens (tertiary/aromatic N) is 1. The highest BCUT2D eigenvalue weighted by atomic mass is 19.1. The first-order chi connectivity index (χ1) is 13.6. The largest absolute Gasteiger partial charge is 0.394 e. The van der Waals surface area contributed by atoms with Gasteiger partial charge in [-0.15, -0.1) is 0 Å². The molecule has 2 aliphatic rings. The summed E-state index contributed by atoms with van der Waals surface area (Å²) in [5, 5.41) is 15.7. The van der Waals surface area contributed by atoms with Crippen LogP contribution in [0.1, 0.15) is 11.1 Å². The molecule has 2 aromatic carbocycles. The van der Waals surface area contributed by atoms with Crippen LogP contribution in [-0.2, 0) is 16.0 Å². The van der Waals surface area contributed by atoms with Crippen LogP contribution in [0.4, 0.5) is 21.5 Å². The molecule has 1 fully saturated rings. The lowest BCUT2D eigenvalue weighted by Crippen LogP contribution is -2.47. The molecule has 7 heteroatoms. The zero-order valence-electron chi connectivity index (χ0n) is 15.7. The number of fused-ring (bicyclic) bond motifs is 1. The van der Waals surface area contributed by atoms with Crippen molar-refractivity contribution in [2.45, 2.75) is 25.4 Å². The van der Waals surface area contributed by atoms with E-state index < -0.39 is 6.04 Å². The Hall–Kier alpha value is -2.64. The monoisotopic (exact) mass is 385 g/mol. The summed E-state index contributed by atoms with van der Waals surface area (Å²) in [6.07, 6.45) is 0.324. The maximum atomic E-state index is 14.1. The second-order valence-corrected chi connectivity index (χ2v) is 7.26. The molecule has 4 rings (SSSR count). The van der Waals surface area contributed by atoms with Crippen molar-refractivity contribution in [1.82, 2.24) is 0 Å². The first kappa shape index (κ1) is 18.7. The topological polar surface area (TPSA) is 73.8 Å². The Morgan fingerprint density at radius 3 is 3.04 bits per heavy atom. The first-order valence-electron chi connectivity index (χ1n) is 9.47. The molecule has 2 atom stereocenters. The number of aliphatic hydroxyl groups excluding tert-OH is 1. The third-order valence-corrected chi connectivity index (χ3v) is 5.39. The van der Waals surface area contributed by atoms with Crippen LogP contribution in [-0.4, -0.2) is 49.5 Å². The predicted molar refractivity (Wildman–Crippen MR) is 106 cm³/mol. The Morgan fingerprint density at radius 1 is 1.39 bits per heavy atom. The molecule has 0 saturated carbocycles. The van der Waals surface area contributed by atoms with Crippen molar-refractivity contribution >= 4 is 23.0 Å². The van der Waals surface area contributed by atoms with Crippen LogP contribution in [0.5, 0.6) is 0 Å². The van der Waals surface area contributed by atoms with E-state index in [2.05, 4.69) is 15.5 Å². The van der Waals surface area contributed by atoms with Crippen LogP contribution < -0.4 is 15.5 Å². The standard InChI is InChI=1S/C21H24FN3O3/c1-13-5-6-18(22)17-10-19(24-20(13)17)21(27)23-14-3-2-4-15(9-14)25-7-8-28-12-16(25)11-26/h2-6,9,16,19,24,26H,7-8,10-12H2,1H3,(H,23,27). The molecule has 0 aliphatic carbocycles. The second-order valence-electron chi connectivity index (χ2n) is 7.26. The molecule has 1 saturated heterocycles. The highest BCUT2D eigenvalue weighted by Crippen LogP contribution is 2.32. The van der Waals surface area contributed by atoms with Crippen molar-refractivity contribution in [3.63, 3.8) is 0 Å². The first-order valence-corrected chi connectivity index (χ1v) is 9.47. The summed E-state index contributed by atoms with van der Waals surface area (Å²) in [5.41, 5.74) is 3.79. The van der Waals surface area contributed by atoms with Gasteiger partial charge >= 0.3 is 0 Å². The average molecular weight is 385 g/mol. The summed E-state index contributed by atoms with van der Waals surface area (Å²) in [4.78, 5) is 14.8. The van der Waals surface area contributed by atoms with E-state index in [1.165, 1.54) is 6.07 Å². The number of nitrogens with one attached hydrogen (secondary N) is 2. The quantitative estimate of drug-likeness (QED) is 0.753. The summed E-state index contributed by atoms with van der Waals surface area (Å²) < 4.78 is 19.5. The van der Waals surface area contributed by atoms with Crippen molar-refractivity contribution in [2.75, 3.05) is 41.9 Å². The molecule has 6 nitrogen and oxygen atoms in total. The number of amides is 1. The summed E-state index contributed by atoms with van der Waals surface area (Å²) in [7, 11) is 0. The van der Waals surface area contributed by atoms with Crippen molar-refractivity contribution in [3.05, 3.63) is 53.3 Å². The molecule has 0 spiro atoms. The minimum atomic E-state index is -0.511. The van der Waals surface area contributed by atoms with Crippen LogP contribution >= 0.6 is 0 Å². The highest BCUT2D eigenvalue weighted by molar-refractivity contribution is 5.98. The molecular weight excluding hydrogens is 361 g/mol. The summed E-state index contributed by atoms with van der Waals surface area (Å²) in [5.74, 6) is -0.486. The van der Waals surface area contributed by atoms with Gasteiger partial charge in [-0.3, -0.25) is 4.79 Å². The third-order valence-electron chi connectivity index (χ3n) is 5.39. The number of aliphatic hydroxyl groups is 1. The number of carbonyl (C=O) groups excluding carboxylic acids is 1. The lowest BCUT2D eigenvalue weighted by molar-refractivity contribution is -0.116. The lowest BCUT2D eigenvalue weighted by Gasteiger charge is -2.36. The van der Waals surface area contributed by atoms with Gasteiger partial charge in [-0.1, -0.05) is 12.1 Å². The van der Waals surface area contributed by atoms with Crippen LogP contribution in [0.15, 0.2) is 36.4 Å². The van der Waals surface area contributed by atoms with E-state index in [1.807, 2.05) is 31.2 Å². The summed E-state index contributed by atoms with van der Waals surface area (Å²) >= 11 is 0. The zero-order chi connectivity index (χ0) is 19.7. The van der Waals surface area contributed by atoms with E-state index in [0.29, 0.717) is 43.1 Å². The Balaban J connectivity index is 1.47. The molecule has 148 valence electrons. The summed E-state index contributed by atoms with van der Waals surface area (Å²) in [6.45, 7) is 3.66. The zero-order valence-corrected chi connectivity index (χ0v) is 15.7. The second kappa shape index (κ2) is 7.77. The number of anilines is 3. The SMILES string of the molecule is Cc1ccc(F)c2c1NC(C(=O)Nc1cccc(N3CCOCC3CO)c1)C2. The average Bonchev–Trinajstić information content (AvgIpc) is 3.18. The van der Waals surface area contributed by atoms with Gasteiger partial charge in [0.1, 0.15) is 11.9 Å². The molecule has 0 aromatic heterocycles. The molecule has 1 amide bonds. The molecule has 0 radical (unpaired) electrons. The number of hydrogen-bond donors (Lipinski definition) is 3. The number of carbonyl (C=O) groups is 1. The van der Waals surface area contributed by atoms with Crippen molar-refractivity contribution < 1.29 is 19.0 Å². The van der Waals surface area contributed by atoms with Gasteiger partial charge in [-0.25, -0.2) is 4.39 Å². The van der Waals surface area contributed by atoms with E-state index in [1.54, 1.807) is 6.07 Å². The molecule has 2 unspecified atom stereocenters. The van der Waals surface area contributed by atoms with Gasteiger partial charge in [0.25, 0.3) is 0 Å². The van der Waals surface area contributed by atoms with Gasteiger partial charge in [0.15, 0.2) is 0 Å². The number of halogens is 1. The van der Waals surface area contributed by atoms with Gasteiger partial charge in [-0.05, 0) is 36.8 Å². The van der Waals surface area contributed by atoms with Crippen LogP contribution in [0, 0.1) is 12.7 Å². The van der Waals surface area contributed by atoms with Gasteiger partial charge in [0.2, 0.25) is 5.91 Å². The van der Waals surface area contributed by atoms with Crippen LogP contribution in [0.3, 0.4) is 0 Å². The molecule has 2 heterocycles. The van der Waals surface area contributed by atoms with Crippen molar-refractivity contribution in [1.29, 1.82) is 0 Å². The number of aryl methyl sites for hydroxylation is 1. The molecule has 28 heavy (non-hydrogen) atoms. The number of hydrogen-bond acceptors (Lipinski definition) is 5. The number of rotatable bonds is 4. The highest BCUT2D eigenvalue weighted by Gasteiger charge is 2.30. The van der Waals surface area contributed by atoms with E-state index in [-0.39, 0.29) is 24.4 Å². The van der Waals surface area contributed by atoms with Crippen LogP contribution in [0.2, 0.25) is 0 Å². The third kappa shape index (κ3) is 3.55. The fourth-order valence-corrected chi connectivity index (χ4v) is 3.87. The molecule has 0 bridgehead atoms. The van der Waals surface area contributed by atoms with Gasteiger partial charge in [-0.2, -0.15) is 0 Å². The molecule has 2 aromatic rings. The number of morpholine rings is 1. The summed E-state index contributed by atoms with van der Waals surface area (Å²) in [6, 6.07) is 10.1. The number of benzene rings is 2. The predicted octanol–water partition coefficient (Wildman–Crippen LogP) is 2.31. The fraction of sp³-hybridized carbons (Fsp3) is 0.381. The van der Waals surface area contributed by atoms with Crippen LogP contribution in [0.25, 0.3) is 0 Å². The van der Waals surface area contributed by atoms with E-state index in [0.717, 1.165) is 11.3 Å². The molecular formula is C21H24FN3O3. The lowest BCUT2D eigenvalue weighted by atomic mass is 10.1. The molecule has 2 aliphatic heterocycles. The Labute approximate surface area is 163 Å². The van der Waals surface area contributed by atoms with E-state index in [9.17, 15) is 14.3 Å². The smallest absolute Gasteiger partial charge is 0.247 e. The maximum absolute atomic E-state index is 14.1. The van der Waals surface area contributed by atoms with Crippen molar-refractivity contribution in [2.24, 2.45) is 0 Å². The minimum absolute atomic E-state index is 0.00571. The number of ether oxygens (including phenoxy) is 1. The van der Waals surface area contributed by atoms with E-state index in [4.69, 9.17) is 4.74 Å². The van der Waals surface area contributed by atoms with E-state index >= 15 is 0 Å². The van der Waals surface area contributed by atoms with Gasteiger partial charge in [0, 0.05) is 35.6 Å². The molecule has 3 N–H and O–H groups in total. The maximum Gasteiger partial charge on any atom is 0.247 e. The fourth-order valence-electron chi connectivity index (χ4n) is 3.87. The Kier molecular flexibility index (Phi) is 5.19. The normalized spacial score (nSPS) is 21.2.